The summed E-state index contributed by atoms with van der Waals surface area (Å²) in [4.78, 5) is 8.36. The minimum atomic E-state index is -3.69. The summed E-state index contributed by atoms with van der Waals surface area (Å²) in [7, 11) is -3.69. The van der Waals surface area contributed by atoms with Gasteiger partial charge in [-0.15, -0.1) is 0 Å². The Morgan fingerprint density at radius 1 is 1.33 bits per heavy atom. The highest BCUT2D eigenvalue weighted by Crippen LogP contribution is 2.33. The molecule has 1 saturated carbocycles. The van der Waals surface area contributed by atoms with Gasteiger partial charge in [0.05, 0.1) is 16.8 Å². The number of benzene rings is 1. The average Bonchev–Trinajstić information content (AvgIpc) is 3.39. The van der Waals surface area contributed by atoms with Gasteiger partial charge in [0.15, 0.2) is 11.5 Å². The molecule has 10 heteroatoms. The molecule has 9 nitrogen and oxygen atoms in total. The Labute approximate surface area is 156 Å². The molecule has 5 N–H and O–H groups in total. The predicted octanol–water partition coefficient (Wildman–Crippen LogP) is 0.698. The van der Waals surface area contributed by atoms with Gasteiger partial charge in [0.1, 0.15) is 6.33 Å². The summed E-state index contributed by atoms with van der Waals surface area (Å²) in [5.74, 6) is 0.586. The van der Waals surface area contributed by atoms with Crippen molar-refractivity contribution in [1.82, 2.24) is 24.3 Å². The number of nitrogens with one attached hydrogen (secondary N) is 1. The van der Waals surface area contributed by atoms with E-state index >= 15 is 0 Å². The SMILES string of the molecule is Cc1ccc(S(=O)(=O)NC(CN)C2CC2)cc1-c1cnc2c(N)ncnn12. The number of nitrogens with two attached hydrogens (primary N) is 2. The third-order valence-electron chi connectivity index (χ3n) is 4.88. The summed E-state index contributed by atoms with van der Waals surface area (Å²) in [6.45, 7) is 2.18. The molecule has 1 atom stereocenters. The van der Waals surface area contributed by atoms with Gasteiger partial charge in [0.25, 0.3) is 0 Å². The second-order valence-electron chi connectivity index (χ2n) is 6.80. The van der Waals surface area contributed by atoms with Crippen LogP contribution in [0.1, 0.15) is 18.4 Å². The minimum Gasteiger partial charge on any atom is -0.381 e. The van der Waals surface area contributed by atoms with E-state index in [4.69, 9.17) is 11.5 Å². The maximum atomic E-state index is 12.8. The molecule has 0 bridgehead atoms. The number of nitrogens with zero attached hydrogens (tertiary/aromatic N) is 4. The van der Waals surface area contributed by atoms with Gasteiger partial charge in [-0.2, -0.15) is 5.10 Å². The summed E-state index contributed by atoms with van der Waals surface area (Å²) in [6, 6.07) is 4.75. The Morgan fingerprint density at radius 3 is 2.81 bits per heavy atom. The lowest BCUT2D eigenvalue weighted by atomic mass is 10.1. The normalized spacial score (nSPS) is 15.9. The minimum absolute atomic E-state index is 0.180. The topological polar surface area (TPSA) is 141 Å². The number of nitrogen functional groups attached to an aromatic ring is 1. The Bertz CT molecular complexity index is 1110. The highest BCUT2D eigenvalue weighted by molar-refractivity contribution is 7.89. The molecule has 1 aliphatic carbocycles. The van der Waals surface area contributed by atoms with Crippen molar-refractivity contribution < 1.29 is 8.42 Å². The first-order valence-corrected chi connectivity index (χ1v) is 10.2. The van der Waals surface area contributed by atoms with Crippen molar-refractivity contribution in [2.24, 2.45) is 11.7 Å². The van der Waals surface area contributed by atoms with E-state index in [1.54, 1.807) is 28.9 Å². The number of aryl methyl sites for hydroxylation is 1. The summed E-state index contributed by atoms with van der Waals surface area (Å²) >= 11 is 0. The monoisotopic (exact) mass is 387 g/mol. The van der Waals surface area contributed by atoms with Crippen LogP contribution in [0.4, 0.5) is 5.82 Å². The van der Waals surface area contributed by atoms with E-state index in [0.29, 0.717) is 22.8 Å². The van der Waals surface area contributed by atoms with E-state index in [2.05, 4.69) is 19.8 Å². The molecule has 0 saturated heterocycles. The molecule has 1 aromatic carbocycles. The number of anilines is 1. The summed E-state index contributed by atoms with van der Waals surface area (Å²) in [6.07, 6.45) is 4.96. The maximum absolute atomic E-state index is 12.8. The predicted molar refractivity (Wildman–Crippen MR) is 101 cm³/mol. The largest absolute Gasteiger partial charge is 0.381 e. The third-order valence-corrected chi connectivity index (χ3v) is 6.37. The van der Waals surface area contributed by atoms with Gasteiger partial charge >= 0.3 is 0 Å². The van der Waals surface area contributed by atoms with E-state index in [9.17, 15) is 8.42 Å². The van der Waals surface area contributed by atoms with Crippen LogP contribution in [-0.4, -0.2) is 40.6 Å². The number of aromatic nitrogens is 4. The number of fused-ring (bicyclic) bond motifs is 1. The second kappa shape index (κ2) is 6.55. The Balaban J connectivity index is 1.76. The molecule has 1 aliphatic rings. The van der Waals surface area contributed by atoms with Crippen LogP contribution in [0.5, 0.6) is 0 Å². The number of sulfonamides is 1. The zero-order valence-corrected chi connectivity index (χ0v) is 15.6. The van der Waals surface area contributed by atoms with Gasteiger partial charge in [-0.05, 0) is 43.4 Å². The van der Waals surface area contributed by atoms with Gasteiger partial charge in [0.2, 0.25) is 10.0 Å². The lowest BCUT2D eigenvalue weighted by molar-refractivity contribution is 0.519. The smallest absolute Gasteiger partial charge is 0.240 e. The Morgan fingerprint density at radius 2 is 2.11 bits per heavy atom. The van der Waals surface area contributed by atoms with Crippen molar-refractivity contribution in [1.29, 1.82) is 0 Å². The van der Waals surface area contributed by atoms with Crippen LogP contribution in [0, 0.1) is 12.8 Å². The molecular weight excluding hydrogens is 366 g/mol. The molecule has 2 aromatic heterocycles. The molecule has 27 heavy (non-hydrogen) atoms. The van der Waals surface area contributed by atoms with Gasteiger partial charge in [-0.3, -0.25) is 0 Å². The second-order valence-corrected chi connectivity index (χ2v) is 8.52. The highest BCUT2D eigenvalue weighted by atomic mass is 32.2. The van der Waals surface area contributed by atoms with Crippen LogP contribution in [0.15, 0.2) is 35.6 Å². The van der Waals surface area contributed by atoms with Gasteiger partial charge in [-0.1, -0.05) is 6.07 Å². The number of rotatable bonds is 6. The molecule has 142 valence electrons. The van der Waals surface area contributed by atoms with Crippen molar-refractivity contribution in [3.63, 3.8) is 0 Å². The molecule has 4 rings (SSSR count). The van der Waals surface area contributed by atoms with E-state index in [-0.39, 0.29) is 23.3 Å². The van der Waals surface area contributed by atoms with E-state index < -0.39 is 10.0 Å². The van der Waals surface area contributed by atoms with Gasteiger partial charge in [-0.25, -0.2) is 27.6 Å². The van der Waals surface area contributed by atoms with Crippen LogP contribution in [0.2, 0.25) is 0 Å². The number of hydrogen-bond donors (Lipinski definition) is 3. The summed E-state index contributed by atoms with van der Waals surface area (Å²) < 4.78 is 30.0. The van der Waals surface area contributed by atoms with Gasteiger partial charge < -0.3 is 11.5 Å². The molecule has 2 heterocycles. The fraction of sp³-hybridized carbons (Fsp3) is 0.353. The molecule has 0 amide bonds. The van der Waals surface area contributed by atoms with E-state index in [1.165, 1.54) is 6.33 Å². The molecular formula is C17H21N7O2S. The molecule has 0 aliphatic heterocycles. The fourth-order valence-corrected chi connectivity index (χ4v) is 4.51. The standard InChI is InChI=1S/C17H21N7O2S/c1-10-2-5-12(27(25,26)23-14(7-18)11-3-4-11)6-13(10)15-8-20-17-16(19)21-9-22-24(15)17/h2,5-6,8-9,11,14,23H,3-4,7,18H2,1H3,(H2,19,21,22). The first-order chi connectivity index (χ1) is 12.9. The Kier molecular flexibility index (Phi) is 4.33. The van der Waals surface area contributed by atoms with Crippen LogP contribution < -0.4 is 16.2 Å². The first-order valence-electron chi connectivity index (χ1n) is 8.68. The average molecular weight is 387 g/mol. The third kappa shape index (κ3) is 3.27. The molecule has 0 spiro atoms. The summed E-state index contributed by atoms with van der Waals surface area (Å²) in [5, 5.41) is 4.19. The zero-order valence-electron chi connectivity index (χ0n) is 14.8. The lowest BCUT2D eigenvalue weighted by Crippen LogP contribution is -2.41. The Hall–Kier alpha value is -2.56. The molecule has 3 aromatic rings. The van der Waals surface area contributed by atoms with E-state index in [1.807, 2.05) is 6.92 Å². The van der Waals surface area contributed by atoms with Gasteiger partial charge in [0, 0.05) is 18.2 Å². The van der Waals surface area contributed by atoms with Crippen molar-refractivity contribution in [3.05, 3.63) is 36.3 Å². The molecule has 1 fully saturated rings. The van der Waals surface area contributed by atoms with Crippen molar-refractivity contribution >= 4 is 21.5 Å². The van der Waals surface area contributed by atoms with Crippen LogP contribution in [0.25, 0.3) is 16.9 Å². The van der Waals surface area contributed by atoms with Crippen molar-refractivity contribution in [2.45, 2.75) is 30.7 Å². The fourth-order valence-electron chi connectivity index (χ4n) is 3.17. The van der Waals surface area contributed by atoms with Crippen LogP contribution in [-0.2, 0) is 10.0 Å². The van der Waals surface area contributed by atoms with Crippen molar-refractivity contribution in [3.8, 4) is 11.3 Å². The lowest BCUT2D eigenvalue weighted by Gasteiger charge is -2.17. The maximum Gasteiger partial charge on any atom is 0.240 e. The highest BCUT2D eigenvalue weighted by Gasteiger charge is 2.33. The van der Waals surface area contributed by atoms with E-state index in [0.717, 1.165) is 18.4 Å². The molecule has 1 unspecified atom stereocenters. The van der Waals surface area contributed by atoms with Crippen LogP contribution >= 0.6 is 0 Å². The van der Waals surface area contributed by atoms with Crippen LogP contribution in [0.3, 0.4) is 0 Å². The summed E-state index contributed by atoms with van der Waals surface area (Å²) in [5.41, 5.74) is 14.3. The first kappa shape index (κ1) is 17.8. The number of imidazole rings is 1. The number of hydrogen-bond acceptors (Lipinski definition) is 7. The van der Waals surface area contributed by atoms with Crippen molar-refractivity contribution in [2.75, 3.05) is 12.3 Å². The molecule has 0 radical (unpaired) electrons. The quantitative estimate of drug-likeness (QED) is 0.565. The zero-order chi connectivity index (χ0) is 19.2.